The Balaban J connectivity index is 1.91. The van der Waals surface area contributed by atoms with Gasteiger partial charge in [0.25, 0.3) is 0 Å². The molecule has 1 aliphatic rings. The van der Waals surface area contributed by atoms with Gasteiger partial charge in [0.1, 0.15) is 23.2 Å². The molecule has 1 atom stereocenters. The summed E-state index contributed by atoms with van der Waals surface area (Å²) < 4.78 is 6.07. The summed E-state index contributed by atoms with van der Waals surface area (Å²) in [6.45, 7) is 4.02. The van der Waals surface area contributed by atoms with Gasteiger partial charge in [-0.05, 0) is 54.6 Å². The van der Waals surface area contributed by atoms with Crippen LogP contribution < -0.4 is 5.32 Å². The zero-order valence-corrected chi connectivity index (χ0v) is 16.0. The first-order chi connectivity index (χ1) is 12.5. The van der Waals surface area contributed by atoms with Crippen molar-refractivity contribution in [3.63, 3.8) is 0 Å². The zero-order valence-electron chi connectivity index (χ0n) is 14.3. The minimum atomic E-state index is -0.706. The minimum Gasteiger partial charge on any atom is -0.355 e. The van der Waals surface area contributed by atoms with Crippen molar-refractivity contribution in [1.82, 2.24) is 0 Å². The van der Waals surface area contributed by atoms with Crippen molar-refractivity contribution in [1.29, 1.82) is 5.26 Å². The monoisotopic (exact) mass is 380 g/mol. The van der Waals surface area contributed by atoms with Crippen LogP contribution in [0.2, 0.25) is 0 Å². The molecule has 0 saturated carbocycles. The van der Waals surface area contributed by atoms with Crippen molar-refractivity contribution < 1.29 is 9.53 Å². The van der Waals surface area contributed by atoms with E-state index < -0.39 is 5.60 Å². The van der Waals surface area contributed by atoms with Crippen LogP contribution >= 0.6 is 22.7 Å². The number of amides is 1. The van der Waals surface area contributed by atoms with Gasteiger partial charge in [0.05, 0.1) is 0 Å². The molecule has 0 bridgehead atoms. The van der Waals surface area contributed by atoms with E-state index in [9.17, 15) is 10.1 Å². The van der Waals surface area contributed by atoms with Gasteiger partial charge >= 0.3 is 0 Å². The number of anilines is 1. The molecule has 26 heavy (non-hydrogen) atoms. The maximum atomic E-state index is 12.1. The number of hydrogen-bond donors (Lipinski definition) is 1. The Bertz CT molecular complexity index is 1030. The predicted molar refractivity (Wildman–Crippen MR) is 105 cm³/mol. The van der Waals surface area contributed by atoms with E-state index in [0.29, 0.717) is 4.88 Å². The summed E-state index contributed by atoms with van der Waals surface area (Å²) in [5.74, 6) is -0.154. The van der Waals surface area contributed by atoms with E-state index in [0.717, 1.165) is 32.1 Å². The molecular formula is C20H16N2O2S2. The van der Waals surface area contributed by atoms with E-state index in [1.807, 2.05) is 49.6 Å². The first kappa shape index (κ1) is 17.0. The van der Waals surface area contributed by atoms with Crippen molar-refractivity contribution in [3.8, 4) is 16.5 Å². The molecule has 0 saturated heterocycles. The molecule has 1 N–H and O–H groups in total. The Kier molecular flexibility index (Phi) is 4.16. The predicted octanol–water partition coefficient (Wildman–Crippen LogP) is 4.89. The third-order valence-electron chi connectivity index (χ3n) is 4.58. The highest BCUT2D eigenvalue weighted by molar-refractivity contribution is 7.16. The second kappa shape index (κ2) is 6.36. The maximum Gasteiger partial charge on any atom is 0.250 e. The van der Waals surface area contributed by atoms with E-state index in [1.165, 1.54) is 11.3 Å². The standard InChI is InChI=1S/C20H16N2O2S2/c1-12-8-14(10-21)26-19(12)13-5-6-16-15(9-13)20(2,17-4-3-7-25-17)24-11-18(23)22-16/h3-9H,11H2,1-2H3,(H,22,23). The Labute approximate surface area is 159 Å². The van der Waals surface area contributed by atoms with Gasteiger partial charge in [0, 0.05) is 21.0 Å². The lowest BCUT2D eigenvalue weighted by atomic mass is 9.90. The number of rotatable bonds is 2. The van der Waals surface area contributed by atoms with E-state index in [1.54, 1.807) is 11.3 Å². The first-order valence-electron chi connectivity index (χ1n) is 8.14. The van der Waals surface area contributed by atoms with Crippen LogP contribution in [0.5, 0.6) is 0 Å². The van der Waals surface area contributed by atoms with Crippen molar-refractivity contribution in [2.24, 2.45) is 0 Å². The van der Waals surface area contributed by atoms with Gasteiger partial charge in [0.2, 0.25) is 5.91 Å². The Morgan fingerprint density at radius 2 is 2.15 bits per heavy atom. The van der Waals surface area contributed by atoms with Gasteiger partial charge in [-0.3, -0.25) is 4.79 Å². The molecule has 4 rings (SSSR count). The fourth-order valence-electron chi connectivity index (χ4n) is 3.24. The molecule has 1 aliphatic heterocycles. The van der Waals surface area contributed by atoms with Crippen LogP contribution in [0.3, 0.4) is 0 Å². The SMILES string of the molecule is Cc1cc(C#N)sc1-c1ccc2c(c1)C(C)(c1cccs1)OCC(=O)N2. The molecule has 1 amide bonds. The fraction of sp³-hybridized carbons (Fsp3) is 0.200. The van der Waals surface area contributed by atoms with E-state index in [2.05, 4.69) is 17.5 Å². The number of fused-ring (bicyclic) bond motifs is 1. The van der Waals surface area contributed by atoms with Crippen LogP contribution in [-0.4, -0.2) is 12.5 Å². The van der Waals surface area contributed by atoms with Crippen LogP contribution in [0.15, 0.2) is 41.8 Å². The van der Waals surface area contributed by atoms with Crippen molar-refractivity contribution in [2.45, 2.75) is 19.4 Å². The molecule has 2 aromatic heterocycles. The van der Waals surface area contributed by atoms with E-state index in [-0.39, 0.29) is 12.5 Å². The molecule has 4 nitrogen and oxygen atoms in total. The summed E-state index contributed by atoms with van der Waals surface area (Å²) in [4.78, 5) is 14.9. The molecule has 3 heterocycles. The molecule has 0 spiro atoms. The summed E-state index contributed by atoms with van der Waals surface area (Å²) in [6, 6.07) is 14.1. The Morgan fingerprint density at radius 1 is 1.31 bits per heavy atom. The second-order valence-electron chi connectivity index (χ2n) is 6.34. The number of carbonyl (C=O) groups excluding carboxylic acids is 1. The summed E-state index contributed by atoms with van der Waals surface area (Å²) in [6.07, 6.45) is 0. The number of aryl methyl sites for hydroxylation is 1. The Morgan fingerprint density at radius 3 is 2.85 bits per heavy atom. The minimum absolute atomic E-state index is 0.00895. The van der Waals surface area contributed by atoms with Crippen molar-refractivity contribution in [2.75, 3.05) is 11.9 Å². The lowest BCUT2D eigenvalue weighted by Gasteiger charge is -2.29. The lowest BCUT2D eigenvalue weighted by molar-refractivity contribution is -0.124. The van der Waals surface area contributed by atoms with E-state index >= 15 is 0 Å². The van der Waals surface area contributed by atoms with Crippen LogP contribution in [0.1, 0.15) is 27.8 Å². The van der Waals surface area contributed by atoms with Gasteiger partial charge in [0.15, 0.2) is 0 Å². The molecule has 0 fully saturated rings. The van der Waals surface area contributed by atoms with Crippen molar-refractivity contribution >= 4 is 34.3 Å². The van der Waals surface area contributed by atoms with Crippen LogP contribution in [-0.2, 0) is 15.1 Å². The van der Waals surface area contributed by atoms with Gasteiger partial charge < -0.3 is 10.1 Å². The fourth-order valence-corrected chi connectivity index (χ4v) is 5.06. The summed E-state index contributed by atoms with van der Waals surface area (Å²) in [7, 11) is 0. The van der Waals surface area contributed by atoms with Gasteiger partial charge in [-0.15, -0.1) is 22.7 Å². The quantitative estimate of drug-likeness (QED) is 0.688. The summed E-state index contributed by atoms with van der Waals surface area (Å²) in [5, 5.41) is 14.1. The number of carbonyl (C=O) groups is 1. The average Bonchev–Trinajstić information content (AvgIpc) is 3.27. The van der Waals surface area contributed by atoms with Crippen LogP contribution in [0, 0.1) is 18.3 Å². The number of thiophene rings is 2. The lowest BCUT2D eigenvalue weighted by Crippen LogP contribution is -2.27. The average molecular weight is 380 g/mol. The van der Waals surface area contributed by atoms with Gasteiger partial charge in [-0.2, -0.15) is 5.26 Å². The summed E-state index contributed by atoms with van der Waals surface area (Å²) >= 11 is 3.09. The number of nitrogens with zero attached hydrogens (tertiary/aromatic N) is 1. The highest BCUT2D eigenvalue weighted by Gasteiger charge is 2.37. The smallest absolute Gasteiger partial charge is 0.250 e. The largest absolute Gasteiger partial charge is 0.355 e. The molecule has 3 aromatic rings. The number of benzene rings is 1. The highest BCUT2D eigenvalue weighted by Crippen LogP contribution is 2.44. The molecule has 6 heteroatoms. The molecule has 1 aromatic carbocycles. The number of ether oxygens (including phenoxy) is 1. The number of nitriles is 1. The third-order valence-corrected chi connectivity index (χ3v) is 6.84. The molecule has 0 radical (unpaired) electrons. The molecule has 130 valence electrons. The number of nitrogens with one attached hydrogen (secondary N) is 1. The number of hydrogen-bond acceptors (Lipinski definition) is 5. The molecular weight excluding hydrogens is 364 g/mol. The molecule has 1 unspecified atom stereocenters. The Hall–Kier alpha value is -2.46. The van der Waals surface area contributed by atoms with Crippen LogP contribution in [0.4, 0.5) is 5.69 Å². The topological polar surface area (TPSA) is 62.1 Å². The summed E-state index contributed by atoms with van der Waals surface area (Å²) in [5.41, 5.74) is 3.08. The maximum absolute atomic E-state index is 12.1. The van der Waals surface area contributed by atoms with Crippen molar-refractivity contribution in [3.05, 3.63) is 62.7 Å². The second-order valence-corrected chi connectivity index (χ2v) is 8.34. The van der Waals surface area contributed by atoms with Gasteiger partial charge in [-0.1, -0.05) is 12.1 Å². The van der Waals surface area contributed by atoms with Crippen LogP contribution in [0.25, 0.3) is 10.4 Å². The normalized spacial score (nSPS) is 19.3. The highest BCUT2D eigenvalue weighted by atomic mass is 32.1. The third kappa shape index (κ3) is 2.74. The molecule has 0 aliphatic carbocycles. The zero-order chi connectivity index (χ0) is 18.3. The van der Waals surface area contributed by atoms with E-state index in [4.69, 9.17) is 4.74 Å². The first-order valence-corrected chi connectivity index (χ1v) is 9.84. The van der Waals surface area contributed by atoms with Gasteiger partial charge in [-0.25, -0.2) is 0 Å².